The molecule has 26 heavy (non-hydrogen) atoms. The number of pyridine rings is 1. The molecule has 0 spiro atoms. The predicted octanol–water partition coefficient (Wildman–Crippen LogP) is 7.11. The first-order valence-corrected chi connectivity index (χ1v) is 10.4. The molecule has 0 atom stereocenters. The molecule has 0 amide bonds. The van der Waals surface area contributed by atoms with Crippen LogP contribution in [0.25, 0.3) is 21.3 Å². The molecule has 1 aromatic carbocycles. The SMILES string of the molecule is CCC(CC)Nc1cc(C)nc2c(-c3c(C)cc(C)cc3C)c(C)sc12. The average molecular weight is 367 g/mol. The number of anilines is 1. The molecule has 138 valence electrons. The van der Waals surface area contributed by atoms with E-state index in [9.17, 15) is 0 Å². The summed E-state index contributed by atoms with van der Waals surface area (Å²) in [4.78, 5) is 6.32. The molecule has 0 saturated heterocycles. The first-order chi connectivity index (χ1) is 12.3. The van der Waals surface area contributed by atoms with Crippen LogP contribution in [-0.4, -0.2) is 11.0 Å². The van der Waals surface area contributed by atoms with Gasteiger partial charge in [-0.2, -0.15) is 0 Å². The van der Waals surface area contributed by atoms with Gasteiger partial charge in [0.2, 0.25) is 0 Å². The van der Waals surface area contributed by atoms with Crippen LogP contribution in [0.1, 0.15) is 54.0 Å². The molecule has 1 N–H and O–H groups in total. The lowest BCUT2D eigenvalue weighted by Gasteiger charge is -2.17. The van der Waals surface area contributed by atoms with E-state index in [0.29, 0.717) is 6.04 Å². The lowest BCUT2D eigenvalue weighted by molar-refractivity contribution is 0.672. The molecule has 2 nitrogen and oxygen atoms in total. The van der Waals surface area contributed by atoms with Gasteiger partial charge in [-0.05, 0) is 70.2 Å². The largest absolute Gasteiger partial charge is 0.381 e. The van der Waals surface area contributed by atoms with Gasteiger partial charge in [0.15, 0.2) is 0 Å². The maximum absolute atomic E-state index is 4.97. The predicted molar refractivity (Wildman–Crippen MR) is 117 cm³/mol. The molecule has 2 aromatic heterocycles. The third-order valence-corrected chi connectivity index (χ3v) is 6.35. The van der Waals surface area contributed by atoms with Crippen LogP contribution in [0.5, 0.6) is 0 Å². The van der Waals surface area contributed by atoms with Crippen molar-refractivity contribution in [3.63, 3.8) is 0 Å². The smallest absolute Gasteiger partial charge is 0.0915 e. The summed E-state index contributed by atoms with van der Waals surface area (Å²) in [6.45, 7) is 15.4. The zero-order chi connectivity index (χ0) is 19.0. The average Bonchev–Trinajstić information content (AvgIpc) is 2.88. The van der Waals surface area contributed by atoms with E-state index >= 15 is 0 Å². The Kier molecular flexibility index (Phi) is 5.38. The molecule has 0 aliphatic carbocycles. The van der Waals surface area contributed by atoms with Crippen molar-refractivity contribution in [3.8, 4) is 11.1 Å². The summed E-state index contributed by atoms with van der Waals surface area (Å²) in [6, 6.07) is 7.28. The highest BCUT2D eigenvalue weighted by atomic mass is 32.1. The molecule has 3 rings (SSSR count). The van der Waals surface area contributed by atoms with Crippen LogP contribution in [0, 0.1) is 34.6 Å². The standard InChI is InChI=1S/C23H30N2S/c1-8-18(9-2)25-19-12-16(6)24-22-21(17(7)26-23(19)22)20-14(4)10-13(3)11-15(20)5/h10-12,18H,8-9H2,1-7H3,(H,24,25). The number of benzene rings is 1. The van der Waals surface area contributed by atoms with E-state index in [1.54, 1.807) is 0 Å². The fraction of sp³-hybridized carbons (Fsp3) is 0.435. The fourth-order valence-electron chi connectivity index (χ4n) is 3.99. The van der Waals surface area contributed by atoms with Gasteiger partial charge in [-0.15, -0.1) is 11.3 Å². The summed E-state index contributed by atoms with van der Waals surface area (Å²) >= 11 is 1.87. The molecular weight excluding hydrogens is 336 g/mol. The van der Waals surface area contributed by atoms with Crippen LogP contribution < -0.4 is 5.32 Å². The van der Waals surface area contributed by atoms with Gasteiger partial charge >= 0.3 is 0 Å². The summed E-state index contributed by atoms with van der Waals surface area (Å²) in [7, 11) is 0. The van der Waals surface area contributed by atoms with Crippen molar-refractivity contribution in [2.24, 2.45) is 0 Å². The summed E-state index contributed by atoms with van der Waals surface area (Å²) < 4.78 is 1.29. The zero-order valence-electron chi connectivity index (χ0n) is 17.1. The van der Waals surface area contributed by atoms with Gasteiger partial charge in [-0.25, -0.2) is 0 Å². The van der Waals surface area contributed by atoms with Crippen molar-refractivity contribution >= 4 is 27.2 Å². The Labute approximate surface area is 161 Å². The van der Waals surface area contributed by atoms with Crippen molar-refractivity contribution in [1.29, 1.82) is 0 Å². The summed E-state index contributed by atoms with van der Waals surface area (Å²) in [5, 5.41) is 3.76. The second-order valence-electron chi connectivity index (χ2n) is 7.45. The molecule has 0 bridgehead atoms. The Bertz CT molecular complexity index is 925. The second-order valence-corrected chi connectivity index (χ2v) is 8.68. The minimum Gasteiger partial charge on any atom is -0.381 e. The maximum atomic E-state index is 4.97. The third kappa shape index (κ3) is 3.37. The molecule has 0 saturated carbocycles. The second kappa shape index (κ2) is 7.40. The Morgan fingerprint density at radius 3 is 2.12 bits per heavy atom. The van der Waals surface area contributed by atoms with Crippen molar-refractivity contribution in [3.05, 3.63) is 45.5 Å². The molecule has 0 fully saturated rings. The Morgan fingerprint density at radius 1 is 0.923 bits per heavy atom. The highest BCUT2D eigenvalue weighted by Gasteiger charge is 2.20. The number of nitrogens with zero attached hydrogens (tertiary/aromatic N) is 1. The van der Waals surface area contributed by atoms with E-state index in [4.69, 9.17) is 4.98 Å². The van der Waals surface area contributed by atoms with Crippen LogP contribution in [0.2, 0.25) is 0 Å². The Morgan fingerprint density at radius 2 is 1.54 bits per heavy atom. The number of thiophene rings is 1. The van der Waals surface area contributed by atoms with Gasteiger partial charge in [-0.3, -0.25) is 4.98 Å². The van der Waals surface area contributed by atoms with Crippen molar-refractivity contribution in [1.82, 2.24) is 4.98 Å². The van der Waals surface area contributed by atoms with Crippen molar-refractivity contribution < 1.29 is 0 Å². The number of hydrogen-bond acceptors (Lipinski definition) is 3. The Balaban J connectivity index is 2.26. The maximum Gasteiger partial charge on any atom is 0.0915 e. The highest BCUT2D eigenvalue weighted by Crippen LogP contribution is 2.43. The van der Waals surface area contributed by atoms with Crippen LogP contribution in [0.4, 0.5) is 5.69 Å². The fourth-order valence-corrected chi connectivity index (χ4v) is 5.07. The van der Waals surface area contributed by atoms with E-state index < -0.39 is 0 Å². The van der Waals surface area contributed by atoms with E-state index in [0.717, 1.165) is 24.1 Å². The lowest BCUT2D eigenvalue weighted by Crippen LogP contribution is -2.17. The number of aromatic nitrogens is 1. The molecule has 2 heterocycles. The number of fused-ring (bicyclic) bond motifs is 1. The highest BCUT2D eigenvalue weighted by molar-refractivity contribution is 7.20. The van der Waals surface area contributed by atoms with Crippen molar-refractivity contribution in [2.75, 3.05) is 5.32 Å². The van der Waals surface area contributed by atoms with E-state index in [2.05, 4.69) is 72.0 Å². The number of hydrogen-bond donors (Lipinski definition) is 1. The van der Waals surface area contributed by atoms with Gasteiger partial charge in [0.25, 0.3) is 0 Å². The van der Waals surface area contributed by atoms with E-state index in [-0.39, 0.29) is 0 Å². The quantitative estimate of drug-likeness (QED) is 0.520. The monoisotopic (exact) mass is 366 g/mol. The third-order valence-electron chi connectivity index (χ3n) is 5.22. The van der Waals surface area contributed by atoms with E-state index in [1.165, 1.54) is 43.1 Å². The van der Waals surface area contributed by atoms with Gasteiger partial charge in [0.1, 0.15) is 0 Å². The van der Waals surface area contributed by atoms with Gasteiger partial charge in [0, 0.05) is 22.2 Å². The minimum absolute atomic E-state index is 0.508. The molecular formula is C23H30N2S. The normalized spacial score (nSPS) is 11.5. The first-order valence-electron chi connectivity index (χ1n) is 9.61. The lowest BCUT2D eigenvalue weighted by atomic mass is 9.93. The minimum atomic E-state index is 0.508. The van der Waals surface area contributed by atoms with Crippen LogP contribution >= 0.6 is 11.3 Å². The summed E-state index contributed by atoms with van der Waals surface area (Å²) in [5.41, 5.74) is 10.1. The molecule has 3 aromatic rings. The van der Waals surface area contributed by atoms with Crippen molar-refractivity contribution in [2.45, 2.75) is 67.3 Å². The van der Waals surface area contributed by atoms with Crippen LogP contribution in [0.3, 0.4) is 0 Å². The van der Waals surface area contributed by atoms with Gasteiger partial charge < -0.3 is 5.32 Å². The van der Waals surface area contributed by atoms with Crippen LogP contribution in [0.15, 0.2) is 18.2 Å². The van der Waals surface area contributed by atoms with Gasteiger partial charge in [0.05, 0.1) is 15.9 Å². The molecule has 3 heteroatoms. The number of aryl methyl sites for hydroxylation is 5. The topological polar surface area (TPSA) is 24.9 Å². The molecule has 0 aliphatic rings. The van der Waals surface area contributed by atoms with E-state index in [1.807, 2.05) is 11.3 Å². The van der Waals surface area contributed by atoms with Gasteiger partial charge in [-0.1, -0.05) is 31.5 Å². The Hall–Kier alpha value is -1.87. The molecule has 0 radical (unpaired) electrons. The van der Waals surface area contributed by atoms with Crippen LogP contribution in [-0.2, 0) is 0 Å². The molecule has 0 unspecified atom stereocenters. The number of nitrogens with one attached hydrogen (secondary N) is 1. The molecule has 0 aliphatic heterocycles. The summed E-state index contributed by atoms with van der Waals surface area (Å²) in [6.07, 6.45) is 2.26. The zero-order valence-corrected chi connectivity index (χ0v) is 17.9. The number of rotatable bonds is 5. The summed E-state index contributed by atoms with van der Waals surface area (Å²) in [5.74, 6) is 0. The first kappa shape index (κ1) is 18.9.